The van der Waals surface area contributed by atoms with Crippen molar-refractivity contribution in [1.29, 1.82) is 0 Å². The Kier molecular flexibility index (Phi) is 10.9. The zero-order valence-corrected chi connectivity index (χ0v) is 26.4. The second-order valence-corrected chi connectivity index (χ2v) is 12.5. The number of aryl methyl sites for hydroxylation is 1. The van der Waals surface area contributed by atoms with Crippen molar-refractivity contribution in [3.8, 4) is 16.3 Å². The van der Waals surface area contributed by atoms with Crippen LogP contribution in [-0.4, -0.2) is 71.8 Å². The zero-order chi connectivity index (χ0) is 30.3. The molecule has 3 aromatic rings. The van der Waals surface area contributed by atoms with Crippen LogP contribution in [-0.2, 0) is 26.6 Å². The number of piperazine rings is 1. The first-order valence-electron chi connectivity index (χ1n) is 14.1. The fourth-order valence-electron chi connectivity index (χ4n) is 4.45. The molecule has 0 spiro atoms. The number of aromatic nitrogens is 1. The maximum absolute atomic E-state index is 13.6. The Bertz CT molecular complexity index is 1370. The van der Waals surface area contributed by atoms with E-state index in [1.165, 1.54) is 12.1 Å². The molecule has 1 aromatic heterocycles. The first-order chi connectivity index (χ1) is 20.1. The number of carbonyl (C=O) groups is 2. The Morgan fingerprint density at radius 3 is 2.36 bits per heavy atom. The largest absolute Gasteiger partial charge is 0.476 e. The molecule has 2 aromatic carbocycles. The summed E-state index contributed by atoms with van der Waals surface area (Å²) in [6.07, 6.45) is -0.266. The zero-order valence-electron chi connectivity index (χ0n) is 24.8. The van der Waals surface area contributed by atoms with Gasteiger partial charge in [0, 0.05) is 53.8 Å². The van der Waals surface area contributed by atoms with E-state index in [1.807, 2.05) is 26.0 Å². The van der Waals surface area contributed by atoms with Crippen LogP contribution in [0.1, 0.15) is 43.8 Å². The maximum Gasteiger partial charge on any atom is 0.409 e. The highest BCUT2D eigenvalue weighted by atomic mass is 32.2. The van der Waals surface area contributed by atoms with Gasteiger partial charge in [0.25, 0.3) is 0 Å². The van der Waals surface area contributed by atoms with E-state index in [1.54, 1.807) is 60.9 Å². The Balaban J connectivity index is 1.47. The summed E-state index contributed by atoms with van der Waals surface area (Å²) in [4.78, 5) is 35.6. The number of nitrogens with zero attached hydrogens (tertiary/aromatic N) is 3. The lowest BCUT2D eigenvalue weighted by atomic mass is 10.1. The van der Waals surface area contributed by atoms with Gasteiger partial charge in [0.05, 0.1) is 18.9 Å². The van der Waals surface area contributed by atoms with E-state index in [9.17, 15) is 14.0 Å². The number of hydrogen-bond acceptors (Lipinski definition) is 9. The normalized spacial score (nSPS) is 14.1. The van der Waals surface area contributed by atoms with Crippen LogP contribution in [0.25, 0.3) is 10.6 Å². The van der Waals surface area contributed by atoms with Gasteiger partial charge < -0.3 is 19.1 Å². The Labute approximate surface area is 255 Å². The molecule has 42 heavy (non-hydrogen) atoms. The first-order valence-corrected chi connectivity index (χ1v) is 15.9. The molecule has 1 aliphatic heterocycles. The number of rotatable bonds is 11. The molecule has 1 amide bonds. The summed E-state index contributed by atoms with van der Waals surface area (Å²) in [6, 6.07) is 12.4. The summed E-state index contributed by atoms with van der Waals surface area (Å²) < 4.78 is 29.9. The van der Waals surface area contributed by atoms with Gasteiger partial charge in [0.2, 0.25) is 0 Å². The molecule has 0 atom stereocenters. The number of halogens is 1. The number of thioether (sulfide) groups is 1. The number of thiazole rings is 1. The highest BCUT2D eigenvalue weighted by Gasteiger charge is 2.32. The van der Waals surface area contributed by atoms with Crippen molar-refractivity contribution in [3.05, 3.63) is 64.4 Å². The van der Waals surface area contributed by atoms with Gasteiger partial charge in [-0.15, -0.1) is 23.1 Å². The van der Waals surface area contributed by atoms with Crippen LogP contribution in [0, 0.1) is 12.7 Å². The molecule has 0 N–H and O–H groups in total. The first kappa shape index (κ1) is 31.8. The van der Waals surface area contributed by atoms with Gasteiger partial charge >= 0.3 is 12.1 Å². The summed E-state index contributed by atoms with van der Waals surface area (Å²) in [7, 11) is 0. The summed E-state index contributed by atoms with van der Waals surface area (Å²) in [5.41, 5.74) is 1.70. The smallest absolute Gasteiger partial charge is 0.409 e. The molecule has 1 saturated heterocycles. The molecular formula is C31H38FN3O5S2. The fourth-order valence-corrected chi connectivity index (χ4v) is 6.62. The maximum atomic E-state index is 13.6. The van der Waals surface area contributed by atoms with Crippen LogP contribution in [0.2, 0.25) is 0 Å². The molecule has 4 rings (SSSR count). The molecule has 226 valence electrons. The molecule has 0 radical (unpaired) electrons. The Morgan fingerprint density at radius 2 is 1.71 bits per heavy atom. The fraction of sp³-hybridized carbons (Fsp3) is 0.452. The van der Waals surface area contributed by atoms with Crippen molar-refractivity contribution in [2.45, 2.75) is 57.4 Å². The van der Waals surface area contributed by atoms with E-state index < -0.39 is 11.6 Å². The van der Waals surface area contributed by atoms with E-state index in [2.05, 4.69) is 11.0 Å². The van der Waals surface area contributed by atoms with Gasteiger partial charge in [-0.2, -0.15) is 0 Å². The van der Waals surface area contributed by atoms with Crippen LogP contribution in [0.5, 0.6) is 5.75 Å². The summed E-state index contributed by atoms with van der Waals surface area (Å²) in [5, 5.41) is 0.854. The van der Waals surface area contributed by atoms with E-state index in [-0.39, 0.29) is 11.9 Å². The number of ether oxygens (including phenoxy) is 3. The second-order valence-electron chi connectivity index (χ2n) is 10.4. The lowest BCUT2D eigenvalue weighted by Gasteiger charge is -2.33. The molecule has 0 saturated carbocycles. The van der Waals surface area contributed by atoms with E-state index >= 15 is 0 Å². The molecule has 0 aliphatic carbocycles. The second kappa shape index (κ2) is 14.3. The van der Waals surface area contributed by atoms with Crippen molar-refractivity contribution in [1.82, 2.24) is 14.8 Å². The topological polar surface area (TPSA) is 81.2 Å². The highest BCUT2D eigenvalue weighted by molar-refractivity contribution is 7.98. The summed E-state index contributed by atoms with van der Waals surface area (Å²) >= 11 is 3.32. The number of carbonyl (C=O) groups excluding carboxylic acids is 2. The standard InChI is InChI=1S/C31H38FN3O5S2/c1-6-38-29(36)31(4,5)40-26-13-12-24(18-21(26)3)41-20-27-25(33-28(42-27)22-8-10-23(32)11-9-22)19-34-14-16-35(17-15-34)30(37)39-7-2/h8-13,18H,6-7,14-17,19-20H2,1-5H3. The van der Waals surface area contributed by atoms with Crippen LogP contribution >= 0.6 is 23.1 Å². The van der Waals surface area contributed by atoms with Crippen molar-refractivity contribution in [2.24, 2.45) is 0 Å². The third kappa shape index (κ3) is 8.23. The predicted octanol–water partition coefficient (Wildman–Crippen LogP) is 6.54. The lowest BCUT2D eigenvalue weighted by Crippen LogP contribution is -2.48. The third-order valence-electron chi connectivity index (χ3n) is 6.79. The molecule has 2 heterocycles. The molecule has 1 fully saturated rings. The van der Waals surface area contributed by atoms with Crippen molar-refractivity contribution in [2.75, 3.05) is 39.4 Å². The summed E-state index contributed by atoms with van der Waals surface area (Å²) in [5.74, 6) is 0.667. The van der Waals surface area contributed by atoms with Crippen LogP contribution in [0.3, 0.4) is 0 Å². The molecule has 1 aliphatic rings. The average Bonchev–Trinajstić information content (AvgIpc) is 3.36. The van der Waals surface area contributed by atoms with Crippen molar-refractivity contribution < 1.29 is 28.2 Å². The predicted molar refractivity (Wildman–Crippen MR) is 163 cm³/mol. The number of amides is 1. The molecule has 0 unspecified atom stereocenters. The minimum atomic E-state index is -1.09. The van der Waals surface area contributed by atoms with Gasteiger partial charge in [0.15, 0.2) is 5.60 Å². The number of esters is 1. The molecule has 0 bridgehead atoms. The van der Waals surface area contributed by atoms with Crippen LogP contribution < -0.4 is 4.74 Å². The Morgan fingerprint density at radius 1 is 1.02 bits per heavy atom. The highest BCUT2D eigenvalue weighted by Crippen LogP contribution is 2.35. The molecular weight excluding hydrogens is 577 g/mol. The third-order valence-corrected chi connectivity index (χ3v) is 9.14. The Hall–Kier alpha value is -3.15. The average molecular weight is 616 g/mol. The number of benzene rings is 2. The van der Waals surface area contributed by atoms with Gasteiger partial charge in [-0.25, -0.2) is 19.0 Å². The van der Waals surface area contributed by atoms with Gasteiger partial charge in [-0.05, 0) is 82.6 Å². The summed E-state index contributed by atoms with van der Waals surface area (Å²) in [6.45, 7) is 13.0. The van der Waals surface area contributed by atoms with Gasteiger partial charge in [-0.1, -0.05) is 0 Å². The number of hydrogen-bond donors (Lipinski definition) is 0. The minimum absolute atomic E-state index is 0.266. The SMILES string of the molecule is CCOC(=O)N1CCN(Cc2nc(-c3ccc(F)cc3)sc2CSc2ccc(OC(C)(C)C(=O)OCC)c(C)c2)CC1. The lowest BCUT2D eigenvalue weighted by molar-refractivity contribution is -0.158. The minimum Gasteiger partial charge on any atom is -0.476 e. The van der Waals surface area contributed by atoms with Gasteiger partial charge in [0.1, 0.15) is 16.6 Å². The van der Waals surface area contributed by atoms with Crippen molar-refractivity contribution >= 4 is 35.2 Å². The van der Waals surface area contributed by atoms with E-state index in [0.717, 1.165) is 44.7 Å². The van der Waals surface area contributed by atoms with E-state index in [0.29, 0.717) is 44.4 Å². The van der Waals surface area contributed by atoms with Gasteiger partial charge in [-0.3, -0.25) is 4.90 Å². The molecule has 8 nitrogen and oxygen atoms in total. The van der Waals surface area contributed by atoms with E-state index in [4.69, 9.17) is 19.2 Å². The monoisotopic (exact) mass is 615 g/mol. The van der Waals surface area contributed by atoms with Crippen LogP contribution in [0.4, 0.5) is 9.18 Å². The van der Waals surface area contributed by atoms with Crippen LogP contribution in [0.15, 0.2) is 47.4 Å². The van der Waals surface area contributed by atoms with Crippen molar-refractivity contribution in [3.63, 3.8) is 0 Å². The quantitative estimate of drug-likeness (QED) is 0.178. The molecule has 11 heteroatoms.